The van der Waals surface area contributed by atoms with Gasteiger partial charge in [-0.15, -0.1) is 0 Å². The van der Waals surface area contributed by atoms with Gasteiger partial charge in [0.2, 0.25) is 0 Å². The van der Waals surface area contributed by atoms with Gasteiger partial charge in [0.25, 0.3) is 0 Å². The van der Waals surface area contributed by atoms with Gasteiger partial charge in [-0.2, -0.15) is 4.99 Å². The second kappa shape index (κ2) is 4.57. The SMILES string of the molecule is NC1=NC(=O)N([C@H]2C[C@H](O)[C@@H](CO)O2)C(O)C1. The summed E-state index contributed by atoms with van der Waals surface area (Å²) in [6.07, 6.45) is -3.35. The van der Waals surface area contributed by atoms with Crippen molar-refractivity contribution in [3.05, 3.63) is 0 Å². The van der Waals surface area contributed by atoms with Gasteiger partial charge in [-0.05, 0) is 0 Å². The minimum Gasteiger partial charge on any atom is -0.394 e. The van der Waals surface area contributed by atoms with E-state index >= 15 is 0 Å². The lowest BCUT2D eigenvalue weighted by Crippen LogP contribution is -2.51. The first-order valence-electron chi connectivity index (χ1n) is 5.30. The van der Waals surface area contributed by atoms with Crippen LogP contribution in [0.2, 0.25) is 0 Å². The van der Waals surface area contributed by atoms with Crippen molar-refractivity contribution in [3.63, 3.8) is 0 Å². The molecule has 0 aromatic heterocycles. The molecule has 1 unspecified atom stereocenters. The van der Waals surface area contributed by atoms with Crippen molar-refractivity contribution in [2.75, 3.05) is 6.61 Å². The van der Waals surface area contributed by atoms with Crippen molar-refractivity contribution in [1.29, 1.82) is 0 Å². The van der Waals surface area contributed by atoms with Gasteiger partial charge < -0.3 is 25.8 Å². The third-order valence-corrected chi connectivity index (χ3v) is 2.87. The van der Waals surface area contributed by atoms with Crippen LogP contribution < -0.4 is 5.73 Å². The Balaban J connectivity index is 2.11. The first-order chi connectivity index (χ1) is 8.02. The Morgan fingerprint density at radius 1 is 1.53 bits per heavy atom. The Hall–Kier alpha value is -1.22. The van der Waals surface area contributed by atoms with E-state index in [0.717, 1.165) is 4.90 Å². The molecule has 4 atom stereocenters. The van der Waals surface area contributed by atoms with Gasteiger partial charge in [0.1, 0.15) is 24.4 Å². The Bertz CT molecular complexity index is 348. The smallest absolute Gasteiger partial charge is 0.349 e. The van der Waals surface area contributed by atoms with E-state index in [1.54, 1.807) is 0 Å². The number of aliphatic hydroxyl groups is 3. The molecule has 2 aliphatic heterocycles. The number of carbonyl (C=O) groups is 1. The topological polar surface area (TPSA) is 129 Å². The highest BCUT2D eigenvalue weighted by molar-refractivity contribution is 5.95. The number of aliphatic hydroxyl groups excluding tert-OH is 3. The average molecular weight is 245 g/mol. The third kappa shape index (κ3) is 2.25. The predicted molar refractivity (Wildman–Crippen MR) is 55.9 cm³/mol. The molecular formula is C9H15N3O5. The summed E-state index contributed by atoms with van der Waals surface area (Å²) in [6, 6.07) is -0.697. The van der Waals surface area contributed by atoms with Crippen LogP contribution in [0.3, 0.4) is 0 Å². The molecule has 0 aromatic rings. The number of aliphatic imine (C=N–C) groups is 1. The molecule has 0 bridgehead atoms. The summed E-state index contributed by atoms with van der Waals surface area (Å²) in [4.78, 5) is 16.1. The van der Waals surface area contributed by atoms with E-state index in [2.05, 4.69) is 4.99 Å². The zero-order valence-corrected chi connectivity index (χ0v) is 9.06. The Kier molecular flexibility index (Phi) is 3.29. The van der Waals surface area contributed by atoms with Gasteiger partial charge in [-0.3, -0.25) is 4.90 Å². The largest absolute Gasteiger partial charge is 0.394 e. The number of rotatable bonds is 2. The summed E-state index contributed by atoms with van der Waals surface area (Å²) >= 11 is 0. The number of nitrogens with two attached hydrogens (primary N) is 1. The summed E-state index contributed by atoms with van der Waals surface area (Å²) in [5.41, 5.74) is 5.37. The molecule has 2 aliphatic rings. The third-order valence-electron chi connectivity index (χ3n) is 2.87. The zero-order chi connectivity index (χ0) is 12.6. The summed E-state index contributed by atoms with van der Waals surface area (Å²) in [7, 11) is 0. The Labute approximate surface area is 97.3 Å². The second-order valence-electron chi connectivity index (χ2n) is 4.09. The molecule has 2 rings (SSSR count). The number of hydrogen-bond acceptors (Lipinski definition) is 6. The molecule has 5 N–H and O–H groups in total. The van der Waals surface area contributed by atoms with Crippen LogP contribution in [0, 0.1) is 0 Å². The molecule has 96 valence electrons. The van der Waals surface area contributed by atoms with Crippen molar-refractivity contribution in [3.8, 4) is 0 Å². The van der Waals surface area contributed by atoms with Gasteiger partial charge >= 0.3 is 6.03 Å². The molecular weight excluding hydrogens is 230 g/mol. The zero-order valence-electron chi connectivity index (χ0n) is 9.06. The van der Waals surface area contributed by atoms with Crippen LogP contribution in [0.1, 0.15) is 12.8 Å². The highest BCUT2D eigenvalue weighted by Crippen LogP contribution is 2.26. The number of nitrogens with zero attached hydrogens (tertiary/aromatic N) is 2. The maximum Gasteiger partial charge on any atom is 0.349 e. The van der Waals surface area contributed by atoms with Crippen molar-refractivity contribution in [2.45, 2.75) is 37.5 Å². The molecule has 0 spiro atoms. The van der Waals surface area contributed by atoms with E-state index in [4.69, 9.17) is 15.6 Å². The van der Waals surface area contributed by atoms with Gasteiger partial charge in [-0.25, -0.2) is 4.79 Å². The van der Waals surface area contributed by atoms with Crippen molar-refractivity contribution in [1.82, 2.24) is 4.90 Å². The monoisotopic (exact) mass is 245 g/mol. The van der Waals surface area contributed by atoms with Gasteiger partial charge in [-0.1, -0.05) is 0 Å². The fourth-order valence-corrected chi connectivity index (χ4v) is 2.00. The fraction of sp³-hybridized carbons (Fsp3) is 0.778. The first kappa shape index (κ1) is 12.2. The van der Waals surface area contributed by atoms with Crippen molar-refractivity contribution >= 4 is 11.9 Å². The van der Waals surface area contributed by atoms with Gasteiger partial charge in [0, 0.05) is 6.42 Å². The minimum absolute atomic E-state index is 0.0471. The molecule has 8 heteroatoms. The van der Waals surface area contributed by atoms with Crippen LogP contribution in [0.5, 0.6) is 0 Å². The molecule has 0 aliphatic carbocycles. The normalized spacial score (nSPS) is 38.4. The van der Waals surface area contributed by atoms with Crippen LogP contribution in [-0.2, 0) is 4.74 Å². The minimum atomic E-state index is -1.12. The number of amidine groups is 1. The summed E-state index contributed by atoms with van der Waals surface area (Å²) in [5.74, 6) is 0.0657. The van der Waals surface area contributed by atoms with E-state index in [9.17, 15) is 15.0 Å². The van der Waals surface area contributed by atoms with Crippen LogP contribution in [0.25, 0.3) is 0 Å². The van der Waals surface area contributed by atoms with Crippen LogP contribution in [0.4, 0.5) is 4.79 Å². The molecule has 8 nitrogen and oxygen atoms in total. The number of amides is 2. The van der Waals surface area contributed by atoms with E-state index in [1.165, 1.54) is 0 Å². The maximum atomic E-state index is 11.6. The van der Waals surface area contributed by atoms with E-state index in [1.807, 2.05) is 0 Å². The van der Waals surface area contributed by atoms with Crippen LogP contribution >= 0.6 is 0 Å². The molecule has 2 amide bonds. The predicted octanol–water partition coefficient (Wildman–Crippen LogP) is -2.04. The lowest BCUT2D eigenvalue weighted by molar-refractivity contribution is -0.108. The molecule has 0 aromatic carbocycles. The standard InChI is InChI=1S/C9H15N3O5/c10-6-2-7(15)12(9(16)11-6)8-1-4(14)5(3-13)17-8/h4-5,7-8,13-15H,1-3H2,(H2,10,11,16)/t4-,5+,7?,8+/m0/s1. The molecule has 1 fully saturated rings. The lowest BCUT2D eigenvalue weighted by Gasteiger charge is -2.33. The number of urea groups is 1. The quantitative estimate of drug-likeness (QED) is 0.443. The highest BCUT2D eigenvalue weighted by atomic mass is 16.5. The first-order valence-corrected chi connectivity index (χ1v) is 5.30. The van der Waals surface area contributed by atoms with Crippen molar-refractivity contribution in [2.24, 2.45) is 10.7 Å². The molecule has 0 saturated carbocycles. The summed E-state index contributed by atoms with van der Waals surface area (Å²) in [5, 5.41) is 28.2. The van der Waals surface area contributed by atoms with E-state index < -0.39 is 30.7 Å². The van der Waals surface area contributed by atoms with Gasteiger partial charge in [0.05, 0.1) is 19.1 Å². The van der Waals surface area contributed by atoms with Crippen molar-refractivity contribution < 1.29 is 24.9 Å². The Morgan fingerprint density at radius 3 is 2.76 bits per heavy atom. The number of ether oxygens (including phenoxy) is 1. The van der Waals surface area contributed by atoms with Crippen LogP contribution in [0.15, 0.2) is 4.99 Å². The van der Waals surface area contributed by atoms with Crippen LogP contribution in [-0.4, -0.2) is 63.4 Å². The maximum absolute atomic E-state index is 11.6. The molecule has 17 heavy (non-hydrogen) atoms. The summed E-state index contributed by atoms with van der Waals surface area (Å²) in [6.45, 7) is -0.346. The second-order valence-corrected chi connectivity index (χ2v) is 4.09. The Morgan fingerprint density at radius 2 is 2.24 bits per heavy atom. The molecule has 2 heterocycles. The fourth-order valence-electron chi connectivity index (χ4n) is 2.00. The lowest BCUT2D eigenvalue weighted by atomic mass is 10.1. The van der Waals surface area contributed by atoms with Gasteiger partial charge in [0.15, 0.2) is 0 Å². The highest BCUT2D eigenvalue weighted by Gasteiger charge is 2.42. The van der Waals surface area contributed by atoms with E-state index in [0.29, 0.717) is 0 Å². The molecule has 1 saturated heterocycles. The van der Waals surface area contributed by atoms with E-state index in [-0.39, 0.29) is 25.3 Å². The molecule has 0 radical (unpaired) electrons. The number of carbonyl (C=O) groups excluding carboxylic acids is 1. The summed E-state index contributed by atoms with van der Waals surface area (Å²) < 4.78 is 5.27. The average Bonchev–Trinajstić information content (AvgIpc) is 2.57. The number of hydrogen-bond donors (Lipinski definition) is 4.